The lowest BCUT2D eigenvalue weighted by atomic mass is 10.4. The molecule has 0 radical (unpaired) electrons. The second kappa shape index (κ2) is 4.30. The Kier molecular flexibility index (Phi) is 3.48. The highest BCUT2D eigenvalue weighted by Gasteiger charge is 2.21. The summed E-state index contributed by atoms with van der Waals surface area (Å²) < 4.78 is 25.8. The van der Waals surface area contributed by atoms with Crippen molar-refractivity contribution in [1.82, 2.24) is 14.9 Å². The van der Waals surface area contributed by atoms with Gasteiger partial charge >= 0.3 is 0 Å². The fourth-order valence-electron chi connectivity index (χ4n) is 1.24. The number of aromatic nitrogens is 2. The first-order chi connectivity index (χ1) is 6.84. The van der Waals surface area contributed by atoms with Crippen LogP contribution in [0.4, 0.5) is 0 Å². The van der Waals surface area contributed by atoms with Crippen LogP contribution in [0.5, 0.6) is 0 Å². The molecule has 0 bridgehead atoms. The van der Waals surface area contributed by atoms with Crippen molar-refractivity contribution in [2.24, 2.45) is 0 Å². The Balaban J connectivity index is 2.96. The maximum Gasteiger partial charge on any atom is 0.244 e. The molecule has 0 aliphatic heterocycles. The lowest BCUT2D eigenvalue weighted by molar-refractivity contribution is 0.198. The average Bonchev–Trinajstić information content (AvgIpc) is 2.43. The van der Waals surface area contributed by atoms with E-state index < -0.39 is 16.1 Å². The Morgan fingerprint density at radius 2 is 2.13 bits per heavy atom. The molecule has 0 aliphatic rings. The predicted octanol–water partition coefficient (Wildman–Crippen LogP) is -0.314. The standard InChI is InChI=1S/C8H15N3O3S/c1-5(12)4-9-15(13,14)8-6(2)10-11-7(8)3/h5,9,12H,4H2,1-3H3,(H,10,11). The van der Waals surface area contributed by atoms with Gasteiger partial charge in [-0.05, 0) is 20.8 Å². The van der Waals surface area contributed by atoms with E-state index in [1.807, 2.05) is 0 Å². The van der Waals surface area contributed by atoms with Crippen LogP contribution in [0.2, 0.25) is 0 Å². The summed E-state index contributed by atoms with van der Waals surface area (Å²) in [6.45, 7) is 4.75. The summed E-state index contributed by atoms with van der Waals surface area (Å²) in [6, 6.07) is 0. The van der Waals surface area contributed by atoms with Gasteiger partial charge < -0.3 is 5.11 Å². The van der Waals surface area contributed by atoms with Gasteiger partial charge in [0.05, 0.1) is 17.5 Å². The van der Waals surface area contributed by atoms with Crippen molar-refractivity contribution in [3.8, 4) is 0 Å². The Labute approximate surface area is 88.8 Å². The number of H-pyrrole nitrogens is 1. The first-order valence-corrected chi connectivity index (χ1v) is 6.02. The van der Waals surface area contributed by atoms with E-state index in [2.05, 4.69) is 14.9 Å². The molecule has 15 heavy (non-hydrogen) atoms. The summed E-state index contributed by atoms with van der Waals surface area (Å²) in [6.07, 6.45) is -0.715. The molecule has 0 saturated carbocycles. The van der Waals surface area contributed by atoms with Crippen LogP contribution in [0.25, 0.3) is 0 Å². The van der Waals surface area contributed by atoms with E-state index in [1.165, 1.54) is 6.92 Å². The molecule has 0 aliphatic carbocycles. The number of aromatic amines is 1. The Bertz CT molecular complexity index is 416. The number of rotatable bonds is 4. The van der Waals surface area contributed by atoms with E-state index in [0.29, 0.717) is 11.4 Å². The number of hydrogen-bond acceptors (Lipinski definition) is 4. The van der Waals surface area contributed by atoms with Crippen LogP contribution in [0.1, 0.15) is 18.3 Å². The van der Waals surface area contributed by atoms with Crippen molar-refractivity contribution in [3.05, 3.63) is 11.4 Å². The normalized spacial score (nSPS) is 14.1. The third-order valence-corrected chi connectivity index (χ3v) is 3.58. The van der Waals surface area contributed by atoms with Crippen LogP contribution >= 0.6 is 0 Å². The van der Waals surface area contributed by atoms with Crippen LogP contribution in [0.3, 0.4) is 0 Å². The van der Waals surface area contributed by atoms with Crippen LogP contribution < -0.4 is 4.72 Å². The van der Waals surface area contributed by atoms with Crippen molar-refractivity contribution in [2.75, 3.05) is 6.54 Å². The van der Waals surface area contributed by atoms with Crippen molar-refractivity contribution >= 4 is 10.0 Å². The zero-order valence-electron chi connectivity index (χ0n) is 8.90. The number of aliphatic hydroxyl groups is 1. The highest BCUT2D eigenvalue weighted by molar-refractivity contribution is 7.89. The summed E-state index contributed by atoms with van der Waals surface area (Å²) in [7, 11) is -3.58. The smallest absolute Gasteiger partial charge is 0.244 e. The lowest BCUT2D eigenvalue weighted by Crippen LogP contribution is -2.31. The average molecular weight is 233 g/mol. The summed E-state index contributed by atoms with van der Waals surface area (Å²) in [4.78, 5) is 0.156. The molecule has 0 saturated heterocycles. The van der Waals surface area contributed by atoms with Crippen LogP contribution in [-0.4, -0.2) is 36.4 Å². The minimum atomic E-state index is -3.58. The summed E-state index contributed by atoms with van der Waals surface area (Å²) in [5.41, 5.74) is 0.913. The SMILES string of the molecule is Cc1n[nH]c(C)c1S(=O)(=O)NCC(C)O. The molecule has 1 heterocycles. The van der Waals surface area contributed by atoms with Gasteiger partial charge in [-0.2, -0.15) is 5.10 Å². The monoisotopic (exact) mass is 233 g/mol. The van der Waals surface area contributed by atoms with Crippen LogP contribution in [0, 0.1) is 13.8 Å². The van der Waals surface area contributed by atoms with Crippen molar-refractivity contribution in [1.29, 1.82) is 0 Å². The fraction of sp³-hybridized carbons (Fsp3) is 0.625. The quantitative estimate of drug-likeness (QED) is 0.664. The zero-order chi connectivity index (χ0) is 11.6. The third-order valence-electron chi connectivity index (χ3n) is 1.90. The molecule has 1 unspecified atom stereocenters. The van der Waals surface area contributed by atoms with Gasteiger partial charge in [0.15, 0.2) is 0 Å². The molecule has 6 nitrogen and oxygen atoms in total. The molecule has 1 atom stereocenters. The van der Waals surface area contributed by atoms with Crippen LogP contribution in [0.15, 0.2) is 4.90 Å². The summed E-state index contributed by atoms with van der Waals surface area (Å²) in [5.74, 6) is 0. The first kappa shape index (κ1) is 12.2. The van der Waals surface area contributed by atoms with Gasteiger partial charge in [-0.15, -0.1) is 0 Å². The largest absolute Gasteiger partial charge is 0.392 e. The van der Waals surface area contributed by atoms with Gasteiger partial charge in [0, 0.05) is 6.54 Å². The van der Waals surface area contributed by atoms with E-state index >= 15 is 0 Å². The lowest BCUT2D eigenvalue weighted by Gasteiger charge is -2.08. The van der Waals surface area contributed by atoms with Crippen molar-refractivity contribution in [2.45, 2.75) is 31.8 Å². The fourth-order valence-corrected chi connectivity index (χ4v) is 2.73. The van der Waals surface area contributed by atoms with E-state index in [0.717, 1.165) is 0 Å². The molecular formula is C8H15N3O3S. The minimum Gasteiger partial charge on any atom is -0.392 e. The maximum absolute atomic E-state index is 11.8. The molecule has 3 N–H and O–H groups in total. The molecule has 1 aromatic heterocycles. The van der Waals surface area contributed by atoms with Gasteiger partial charge in [0.2, 0.25) is 10.0 Å². The molecule has 86 valence electrons. The van der Waals surface area contributed by atoms with Crippen LogP contribution in [-0.2, 0) is 10.0 Å². The minimum absolute atomic E-state index is 0.00755. The predicted molar refractivity (Wildman–Crippen MR) is 54.9 cm³/mol. The Hall–Kier alpha value is -0.920. The first-order valence-electron chi connectivity index (χ1n) is 4.54. The summed E-state index contributed by atoms with van der Waals surface area (Å²) >= 11 is 0. The molecule has 0 aromatic carbocycles. The van der Waals surface area contributed by atoms with Gasteiger partial charge in [-0.3, -0.25) is 5.10 Å². The van der Waals surface area contributed by atoms with Gasteiger partial charge in [-0.25, -0.2) is 13.1 Å². The van der Waals surface area contributed by atoms with Crippen molar-refractivity contribution in [3.63, 3.8) is 0 Å². The van der Waals surface area contributed by atoms with Gasteiger partial charge in [0.25, 0.3) is 0 Å². The number of hydrogen-bond donors (Lipinski definition) is 3. The molecule has 0 fully saturated rings. The second-order valence-corrected chi connectivity index (χ2v) is 5.17. The Morgan fingerprint density at radius 1 is 1.53 bits per heavy atom. The van der Waals surface area contributed by atoms with Gasteiger partial charge in [0.1, 0.15) is 4.90 Å². The van der Waals surface area contributed by atoms with Gasteiger partial charge in [-0.1, -0.05) is 0 Å². The molecule has 1 aromatic rings. The van der Waals surface area contributed by atoms with E-state index in [1.54, 1.807) is 13.8 Å². The molecular weight excluding hydrogens is 218 g/mol. The maximum atomic E-state index is 11.8. The summed E-state index contributed by atoms with van der Waals surface area (Å²) in [5, 5.41) is 15.4. The zero-order valence-corrected chi connectivity index (χ0v) is 9.72. The Morgan fingerprint density at radius 3 is 2.53 bits per heavy atom. The molecule has 7 heteroatoms. The highest BCUT2D eigenvalue weighted by Crippen LogP contribution is 2.15. The number of nitrogens with one attached hydrogen (secondary N) is 2. The molecule has 0 spiro atoms. The van der Waals surface area contributed by atoms with E-state index in [4.69, 9.17) is 5.11 Å². The van der Waals surface area contributed by atoms with E-state index in [-0.39, 0.29) is 11.4 Å². The molecule has 0 amide bonds. The molecule has 1 rings (SSSR count). The second-order valence-electron chi connectivity index (χ2n) is 3.46. The third kappa shape index (κ3) is 2.77. The van der Waals surface area contributed by atoms with Crippen molar-refractivity contribution < 1.29 is 13.5 Å². The topological polar surface area (TPSA) is 95.1 Å². The number of aliphatic hydroxyl groups excluding tert-OH is 1. The highest BCUT2D eigenvalue weighted by atomic mass is 32.2. The number of aryl methyl sites for hydroxylation is 2. The number of nitrogens with zero attached hydrogens (tertiary/aromatic N) is 1. The number of sulfonamides is 1. The van der Waals surface area contributed by atoms with E-state index in [9.17, 15) is 8.42 Å².